The minimum atomic E-state index is -0.977. The Kier molecular flexibility index (Phi) is 8.62. The van der Waals surface area contributed by atoms with Gasteiger partial charge in [-0.05, 0) is 55.4 Å². The number of carbonyl (C=O) groups is 3. The SMILES string of the molecule is CC1(C)OB(c2ccc(C[C@H](NC(=O)[C@@H]3Cc4ccccc4CN3C(=O)OCc3ccccc3)C(N)=O)cc2)OC1(C)C. The zero-order chi connectivity index (χ0) is 30.8. The lowest BCUT2D eigenvalue weighted by molar-refractivity contribution is -0.131. The quantitative estimate of drug-likeness (QED) is 0.393. The van der Waals surface area contributed by atoms with Gasteiger partial charge in [-0.2, -0.15) is 0 Å². The zero-order valence-corrected chi connectivity index (χ0v) is 25.0. The number of carbonyl (C=O) groups excluding carboxylic acids is 3. The van der Waals surface area contributed by atoms with E-state index in [1.54, 1.807) is 0 Å². The lowest BCUT2D eigenvalue weighted by Gasteiger charge is -2.35. The van der Waals surface area contributed by atoms with Gasteiger partial charge < -0.3 is 25.1 Å². The van der Waals surface area contributed by atoms with Crippen molar-refractivity contribution in [1.82, 2.24) is 10.2 Å². The molecule has 0 aromatic heterocycles. The molecule has 3 amide bonds. The largest absolute Gasteiger partial charge is 0.494 e. The number of hydrogen-bond donors (Lipinski definition) is 2. The number of amides is 3. The van der Waals surface area contributed by atoms with Gasteiger partial charge in [0.15, 0.2) is 0 Å². The van der Waals surface area contributed by atoms with Gasteiger partial charge in [-0.3, -0.25) is 14.5 Å². The molecule has 2 atom stereocenters. The van der Waals surface area contributed by atoms with Crippen LogP contribution in [0.4, 0.5) is 4.79 Å². The lowest BCUT2D eigenvalue weighted by atomic mass is 9.78. The summed E-state index contributed by atoms with van der Waals surface area (Å²) in [6, 6.07) is 22.7. The molecule has 2 aliphatic rings. The molecule has 2 heterocycles. The third-order valence-electron chi connectivity index (χ3n) is 8.60. The Bertz CT molecular complexity index is 1460. The summed E-state index contributed by atoms with van der Waals surface area (Å²) in [5.74, 6) is -1.14. The molecule has 43 heavy (non-hydrogen) atoms. The van der Waals surface area contributed by atoms with Crippen LogP contribution in [-0.4, -0.2) is 53.2 Å². The molecule has 0 aliphatic carbocycles. The molecule has 5 rings (SSSR count). The highest BCUT2D eigenvalue weighted by molar-refractivity contribution is 6.62. The van der Waals surface area contributed by atoms with E-state index >= 15 is 0 Å². The van der Waals surface area contributed by atoms with Crippen molar-refractivity contribution in [2.45, 2.75) is 77.0 Å². The van der Waals surface area contributed by atoms with Crippen LogP contribution in [0.2, 0.25) is 0 Å². The van der Waals surface area contributed by atoms with Crippen LogP contribution < -0.4 is 16.5 Å². The highest BCUT2D eigenvalue weighted by Crippen LogP contribution is 2.36. The van der Waals surface area contributed by atoms with Gasteiger partial charge in [0.25, 0.3) is 0 Å². The molecular formula is C33H38BN3O6. The molecule has 2 aliphatic heterocycles. The van der Waals surface area contributed by atoms with Crippen LogP contribution in [0.1, 0.15) is 49.9 Å². The number of primary amides is 1. The fourth-order valence-corrected chi connectivity index (χ4v) is 5.27. The van der Waals surface area contributed by atoms with Crippen LogP contribution in [-0.2, 0) is 49.6 Å². The average molecular weight is 583 g/mol. The normalized spacial score (nSPS) is 19.3. The molecule has 0 saturated carbocycles. The molecule has 0 spiro atoms. The van der Waals surface area contributed by atoms with E-state index in [2.05, 4.69) is 5.32 Å². The number of rotatable bonds is 8. The Morgan fingerprint density at radius 3 is 2.14 bits per heavy atom. The van der Waals surface area contributed by atoms with E-state index in [1.165, 1.54) is 4.90 Å². The van der Waals surface area contributed by atoms with Crippen molar-refractivity contribution >= 4 is 30.5 Å². The van der Waals surface area contributed by atoms with Crippen molar-refractivity contribution in [3.63, 3.8) is 0 Å². The van der Waals surface area contributed by atoms with Crippen LogP contribution in [0.5, 0.6) is 0 Å². The van der Waals surface area contributed by atoms with Gasteiger partial charge in [-0.25, -0.2) is 4.79 Å². The molecule has 1 saturated heterocycles. The summed E-state index contributed by atoms with van der Waals surface area (Å²) in [4.78, 5) is 40.8. The highest BCUT2D eigenvalue weighted by Gasteiger charge is 2.51. The molecular weight excluding hydrogens is 545 g/mol. The first-order valence-electron chi connectivity index (χ1n) is 14.5. The molecule has 0 unspecified atom stereocenters. The number of fused-ring (bicyclic) bond motifs is 1. The molecule has 0 radical (unpaired) electrons. The molecule has 3 N–H and O–H groups in total. The average Bonchev–Trinajstić information content (AvgIpc) is 3.21. The van der Waals surface area contributed by atoms with E-state index < -0.39 is 48.3 Å². The Labute approximate surface area is 252 Å². The Morgan fingerprint density at radius 2 is 1.51 bits per heavy atom. The molecule has 10 heteroatoms. The summed E-state index contributed by atoms with van der Waals surface area (Å²) in [5.41, 5.74) is 9.22. The summed E-state index contributed by atoms with van der Waals surface area (Å²) >= 11 is 0. The van der Waals surface area contributed by atoms with Crippen LogP contribution in [0, 0.1) is 0 Å². The van der Waals surface area contributed by atoms with E-state index in [-0.39, 0.29) is 26.0 Å². The van der Waals surface area contributed by atoms with Gasteiger partial charge in [0, 0.05) is 12.8 Å². The Morgan fingerprint density at radius 1 is 0.907 bits per heavy atom. The predicted octanol–water partition coefficient (Wildman–Crippen LogP) is 3.26. The minimum absolute atomic E-state index is 0.0813. The molecule has 0 bridgehead atoms. The first-order chi connectivity index (χ1) is 20.4. The van der Waals surface area contributed by atoms with Gasteiger partial charge in [0.2, 0.25) is 11.8 Å². The number of nitrogens with zero attached hydrogens (tertiary/aromatic N) is 1. The third-order valence-corrected chi connectivity index (χ3v) is 8.60. The van der Waals surface area contributed by atoms with Crippen LogP contribution in [0.15, 0.2) is 78.9 Å². The van der Waals surface area contributed by atoms with Crippen molar-refractivity contribution < 1.29 is 28.4 Å². The maximum Gasteiger partial charge on any atom is 0.494 e. The predicted molar refractivity (Wildman–Crippen MR) is 163 cm³/mol. The van der Waals surface area contributed by atoms with Crippen molar-refractivity contribution in [2.24, 2.45) is 5.73 Å². The number of nitrogens with two attached hydrogens (primary N) is 1. The summed E-state index contributed by atoms with van der Waals surface area (Å²) in [6.45, 7) is 8.28. The molecule has 224 valence electrons. The third kappa shape index (κ3) is 6.76. The maximum atomic E-state index is 13.7. The van der Waals surface area contributed by atoms with E-state index in [9.17, 15) is 14.4 Å². The van der Waals surface area contributed by atoms with Crippen molar-refractivity contribution in [3.05, 3.63) is 101 Å². The standard InChI is InChI=1S/C33H38BN3O6/c1-32(2)33(3,4)43-34(42-32)26-16-14-22(15-17-26)18-27(29(35)38)36-30(39)28-19-24-12-8-9-13-25(24)20-37(28)31(40)41-21-23-10-6-5-7-11-23/h5-17,27-28H,18-21H2,1-4H3,(H2,35,38)(H,36,39)/t27-,28-/m0/s1. The number of ether oxygens (including phenoxy) is 1. The van der Waals surface area contributed by atoms with Crippen LogP contribution >= 0.6 is 0 Å². The van der Waals surface area contributed by atoms with Gasteiger partial charge in [-0.1, -0.05) is 78.9 Å². The smallest absolute Gasteiger partial charge is 0.445 e. The molecule has 9 nitrogen and oxygen atoms in total. The van der Waals surface area contributed by atoms with E-state index in [4.69, 9.17) is 19.8 Å². The fraction of sp³-hybridized carbons (Fsp3) is 0.364. The van der Waals surface area contributed by atoms with Gasteiger partial charge in [-0.15, -0.1) is 0 Å². The number of hydrogen-bond acceptors (Lipinski definition) is 6. The summed E-state index contributed by atoms with van der Waals surface area (Å²) in [5, 5.41) is 2.80. The maximum absolute atomic E-state index is 13.7. The highest BCUT2D eigenvalue weighted by atomic mass is 16.7. The summed E-state index contributed by atoms with van der Waals surface area (Å²) in [6.07, 6.45) is -0.129. The van der Waals surface area contributed by atoms with E-state index in [0.29, 0.717) is 0 Å². The Hall–Kier alpha value is -4.15. The second-order valence-corrected chi connectivity index (χ2v) is 12.2. The monoisotopic (exact) mass is 583 g/mol. The van der Waals surface area contributed by atoms with Gasteiger partial charge in [0.05, 0.1) is 17.7 Å². The Balaban J connectivity index is 1.28. The number of benzene rings is 3. The molecule has 3 aromatic carbocycles. The first kappa shape index (κ1) is 30.3. The van der Waals surface area contributed by atoms with Crippen LogP contribution in [0.25, 0.3) is 0 Å². The van der Waals surface area contributed by atoms with Crippen molar-refractivity contribution in [1.29, 1.82) is 0 Å². The second-order valence-electron chi connectivity index (χ2n) is 12.2. The van der Waals surface area contributed by atoms with Gasteiger partial charge in [0.1, 0.15) is 18.7 Å². The zero-order valence-electron chi connectivity index (χ0n) is 25.0. The van der Waals surface area contributed by atoms with Crippen molar-refractivity contribution in [3.8, 4) is 0 Å². The summed E-state index contributed by atoms with van der Waals surface area (Å²) in [7, 11) is -0.507. The molecule has 1 fully saturated rings. The fourth-order valence-electron chi connectivity index (χ4n) is 5.27. The number of nitrogens with one attached hydrogen (secondary N) is 1. The molecule has 3 aromatic rings. The van der Waals surface area contributed by atoms with Gasteiger partial charge >= 0.3 is 13.2 Å². The minimum Gasteiger partial charge on any atom is -0.445 e. The van der Waals surface area contributed by atoms with Crippen LogP contribution in [0.3, 0.4) is 0 Å². The van der Waals surface area contributed by atoms with Crippen molar-refractivity contribution in [2.75, 3.05) is 0 Å². The summed E-state index contributed by atoms with van der Waals surface area (Å²) < 4.78 is 17.8. The van der Waals surface area contributed by atoms with E-state index in [1.807, 2.05) is 107 Å². The topological polar surface area (TPSA) is 120 Å². The first-order valence-corrected chi connectivity index (χ1v) is 14.5. The lowest BCUT2D eigenvalue weighted by Crippen LogP contribution is -2.56. The van der Waals surface area contributed by atoms with E-state index in [0.717, 1.165) is 27.7 Å². The second kappa shape index (κ2) is 12.2.